The van der Waals surface area contributed by atoms with Gasteiger partial charge in [0.05, 0.1) is 16.5 Å². The van der Waals surface area contributed by atoms with Gasteiger partial charge < -0.3 is 20.4 Å². The maximum Gasteiger partial charge on any atom is 0.336 e. The number of nitrogens with zero attached hydrogens (tertiary/aromatic N) is 1. The number of fused-ring (bicyclic) bond motifs is 7. The zero-order valence-corrected chi connectivity index (χ0v) is 28.2. The predicted molar refractivity (Wildman–Crippen MR) is 176 cm³/mol. The molecule has 7 heteroatoms. The van der Waals surface area contributed by atoms with Crippen LogP contribution in [0.1, 0.15) is 118 Å². The number of likely N-dealkylation sites (N-methyl/N-ethyl adjacent to an activating group) is 1. The highest BCUT2D eigenvalue weighted by Gasteiger charge is 2.66. The van der Waals surface area contributed by atoms with Crippen LogP contribution in [-0.2, 0) is 4.79 Å². The van der Waals surface area contributed by atoms with Crippen molar-refractivity contribution in [2.45, 2.75) is 91.9 Å². The molecule has 6 rings (SSSR count). The number of benzene rings is 1. The van der Waals surface area contributed by atoms with Crippen LogP contribution in [0.5, 0.6) is 0 Å². The van der Waals surface area contributed by atoms with Crippen LogP contribution in [0.4, 0.5) is 0 Å². The van der Waals surface area contributed by atoms with Crippen molar-refractivity contribution in [2.24, 2.45) is 51.2 Å². The molecular formula is C38H54N2O5. The second-order valence-corrected chi connectivity index (χ2v) is 16.7. The van der Waals surface area contributed by atoms with Crippen LogP contribution in [0, 0.1) is 51.2 Å². The molecule has 7 nitrogen and oxygen atoms in total. The smallest absolute Gasteiger partial charge is 0.336 e. The minimum atomic E-state index is -1.21. The van der Waals surface area contributed by atoms with Crippen LogP contribution in [0.25, 0.3) is 5.57 Å². The predicted octanol–water partition coefficient (Wildman–Crippen LogP) is 7.22. The lowest BCUT2D eigenvalue weighted by atomic mass is 9.36. The number of carbonyl (C=O) groups is 3. The first-order valence-corrected chi connectivity index (χ1v) is 17.4. The van der Waals surface area contributed by atoms with Gasteiger partial charge in [-0.05, 0) is 141 Å². The van der Waals surface area contributed by atoms with Gasteiger partial charge in [0.25, 0.3) is 0 Å². The van der Waals surface area contributed by atoms with Crippen LogP contribution < -0.4 is 5.32 Å². The molecule has 5 aliphatic carbocycles. The van der Waals surface area contributed by atoms with Gasteiger partial charge in [0, 0.05) is 13.1 Å². The normalized spacial score (nSPS) is 38.3. The molecule has 8 atom stereocenters. The molecule has 0 saturated heterocycles. The van der Waals surface area contributed by atoms with Crippen LogP contribution in [0.2, 0.25) is 0 Å². The summed E-state index contributed by atoms with van der Waals surface area (Å²) in [6.45, 7) is 11.4. The monoisotopic (exact) mass is 618 g/mol. The number of amides is 1. The summed E-state index contributed by atoms with van der Waals surface area (Å²) in [4.78, 5) is 39.6. The Morgan fingerprint density at radius 3 is 2.27 bits per heavy atom. The molecule has 1 aromatic carbocycles. The van der Waals surface area contributed by atoms with Gasteiger partial charge in [-0.1, -0.05) is 46.3 Å². The topological polar surface area (TPSA) is 107 Å². The Kier molecular flexibility index (Phi) is 8.06. The van der Waals surface area contributed by atoms with Crippen molar-refractivity contribution in [3.8, 4) is 0 Å². The van der Waals surface area contributed by atoms with E-state index < -0.39 is 11.9 Å². The molecule has 0 radical (unpaired) electrons. The highest BCUT2D eigenvalue weighted by atomic mass is 16.4. The maximum absolute atomic E-state index is 13.8. The van der Waals surface area contributed by atoms with E-state index in [9.17, 15) is 24.6 Å². The molecule has 3 N–H and O–H groups in total. The number of carboxylic acids is 2. The standard InChI is InChI=1S/C38H54N2O5/c1-35(2)27(23-9-10-24(32(41)42)26(22-23)33(43)44)13-17-37(4)30(35)15-18-36(3)28-14-19-38(34(45)39-20-21-40(5)6)16-7-8-29(38)25(28)11-12-31(36)37/h9-10,13,22,25,28-31H,7-8,11-12,14-21H2,1-6H3,(H,39,45)(H,41,42)(H,43,44)/t25-,28?,29?,30?,31?,36-,37-,38-/m0/s1. The molecule has 5 aliphatic rings. The number of carbonyl (C=O) groups excluding carboxylic acids is 1. The molecule has 0 bridgehead atoms. The number of rotatable bonds is 7. The lowest BCUT2D eigenvalue weighted by Gasteiger charge is -2.68. The third-order valence-corrected chi connectivity index (χ3v) is 14.2. The van der Waals surface area contributed by atoms with Crippen molar-refractivity contribution in [3.63, 3.8) is 0 Å². The first kappa shape index (κ1) is 32.3. The van der Waals surface area contributed by atoms with Gasteiger partial charge in [0.15, 0.2) is 0 Å². The lowest BCUT2D eigenvalue weighted by molar-refractivity contribution is -0.181. The van der Waals surface area contributed by atoms with E-state index in [-0.39, 0.29) is 32.8 Å². The first-order chi connectivity index (χ1) is 21.2. The Morgan fingerprint density at radius 1 is 0.844 bits per heavy atom. The van der Waals surface area contributed by atoms with Gasteiger partial charge in [0.1, 0.15) is 0 Å². The van der Waals surface area contributed by atoms with Crippen molar-refractivity contribution in [1.29, 1.82) is 0 Å². The van der Waals surface area contributed by atoms with Crippen molar-refractivity contribution in [2.75, 3.05) is 27.2 Å². The van der Waals surface area contributed by atoms with E-state index in [4.69, 9.17) is 0 Å². The molecule has 4 unspecified atom stereocenters. The zero-order valence-electron chi connectivity index (χ0n) is 28.2. The molecule has 45 heavy (non-hydrogen) atoms. The van der Waals surface area contributed by atoms with E-state index in [0.717, 1.165) is 56.3 Å². The Labute approximate surface area is 269 Å². The molecular weight excluding hydrogens is 564 g/mol. The Hall–Kier alpha value is -2.67. The van der Waals surface area contributed by atoms with Crippen molar-refractivity contribution >= 4 is 23.4 Å². The number of aromatic carboxylic acids is 2. The second-order valence-electron chi connectivity index (χ2n) is 16.7. The van der Waals surface area contributed by atoms with E-state index in [1.165, 1.54) is 38.2 Å². The van der Waals surface area contributed by atoms with Gasteiger partial charge >= 0.3 is 11.9 Å². The fourth-order valence-corrected chi connectivity index (χ4v) is 12.4. The molecule has 0 aromatic heterocycles. The average Bonchev–Trinajstić information content (AvgIpc) is 3.42. The highest BCUT2D eigenvalue weighted by molar-refractivity contribution is 6.02. The molecule has 246 valence electrons. The average molecular weight is 619 g/mol. The molecule has 4 saturated carbocycles. The van der Waals surface area contributed by atoms with Crippen molar-refractivity contribution in [3.05, 3.63) is 41.0 Å². The third kappa shape index (κ3) is 4.89. The van der Waals surface area contributed by atoms with Gasteiger partial charge in [-0.3, -0.25) is 4.79 Å². The third-order valence-electron chi connectivity index (χ3n) is 14.2. The minimum absolute atomic E-state index is 0.134. The highest BCUT2D eigenvalue weighted by Crippen LogP contribution is 2.73. The quantitative estimate of drug-likeness (QED) is 0.298. The van der Waals surface area contributed by atoms with Gasteiger partial charge in [-0.2, -0.15) is 0 Å². The maximum atomic E-state index is 13.8. The van der Waals surface area contributed by atoms with Crippen LogP contribution in [0.3, 0.4) is 0 Å². The number of allylic oxidation sites excluding steroid dienone is 2. The molecule has 0 aliphatic heterocycles. The molecule has 0 heterocycles. The lowest BCUT2D eigenvalue weighted by Crippen LogP contribution is -2.62. The molecule has 0 spiro atoms. The van der Waals surface area contributed by atoms with Crippen molar-refractivity contribution in [1.82, 2.24) is 10.2 Å². The molecule has 1 aromatic rings. The van der Waals surface area contributed by atoms with Crippen LogP contribution in [-0.4, -0.2) is 60.1 Å². The number of carboxylic acid groups (broad SMARTS) is 2. The Balaban J connectivity index is 1.27. The fourth-order valence-electron chi connectivity index (χ4n) is 12.4. The van der Waals surface area contributed by atoms with Gasteiger partial charge in [-0.25, -0.2) is 9.59 Å². The summed E-state index contributed by atoms with van der Waals surface area (Å²) in [7, 11) is 4.11. The molecule has 1 amide bonds. The van der Waals surface area contributed by atoms with E-state index in [1.54, 1.807) is 12.1 Å². The minimum Gasteiger partial charge on any atom is -0.478 e. The number of hydrogen-bond donors (Lipinski definition) is 3. The SMILES string of the molecule is CN(C)CCNC(=O)[C@]12CCCC1[C@H]1CCC3[C@@](C)(CCC4C(C)(C)C(c5ccc(C(=O)O)c(C(=O)O)c5)=CC[C@@]43C)C1CC2. The Morgan fingerprint density at radius 2 is 1.58 bits per heavy atom. The van der Waals surface area contributed by atoms with Gasteiger partial charge in [0.2, 0.25) is 5.91 Å². The van der Waals surface area contributed by atoms with Crippen LogP contribution >= 0.6 is 0 Å². The fraction of sp³-hybridized carbons (Fsp3) is 0.711. The second kappa shape index (κ2) is 11.2. The summed E-state index contributed by atoms with van der Waals surface area (Å²) in [5.74, 6) is 0.754. The Bertz CT molecular complexity index is 1410. The zero-order chi connectivity index (χ0) is 32.5. The largest absolute Gasteiger partial charge is 0.478 e. The number of hydrogen-bond acceptors (Lipinski definition) is 4. The van der Waals surface area contributed by atoms with Crippen molar-refractivity contribution < 1.29 is 24.6 Å². The summed E-state index contributed by atoms with van der Waals surface area (Å²) in [5.41, 5.74) is 1.70. The van der Waals surface area contributed by atoms with Crippen LogP contribution in [0.15, 0.2) is 24.3 Å². The van der Waals surface area contributed by atoms with E-state index in [2.05, 4.69) is 58.1 Å². The van der Waals surface area contributed by atoms with E-state index in [1.807, 2.05) is 0 Å². The summed E-state index contributed by atoms with van der Waals surface area (Å²) >= 11 is 0. The summed E-state index contributed by atoms with van der Waals surface area (Å²) in [6.07, 6.45) is 13.7. The summed E-state index contributed by atoms with van der Waals surface area (Å²) < 4.78 is 0. The van der Waals surface area contributed by atoms with E-state index in [0.29, 0.717) is 35.5 Å². The van der Waals surface area contributed by atoms with Gasteiger partial charge in [-0.15, -0.1) is 0 Å². The summed E-state index contributed by atoms with van der Waals surface area (Å²) in [6, 6.07) is 4.84. The molecule has 4 fully saturated rings. The summed E-state index contributed by atoms with van der Waals surface area (Å²) in [5, 5.41) is 22.7. The first-order valence-electron chi connectivity index (χ1n) is 17.4. The number of nitrogens with one attached hydrogen (secondary N) is 1. The van der Waals surface area contributed by atoms with E-state index >= 15 is 0 Å².